The van der Waals surface area contributed by atoms with Gasteiger partial charge in [0.15, 0.2) is 5.96 Å². The molecule has 0 aliphatic carbocycles. The fraction of sp³-hybridized carbons (Fsp3) is 0.562. The number of hydrogen-bond donors (Lipinski definition) is 1. The van der Waals surface area contributed by atoms with E-state index in [2.05, 4.69) is 55.4 Å². The molecule has 1 saturated heterocycles. The first-order chi connectivity index (χ1) is 10.1. The molecule has 0 saturated carbocycles. The molecule has 1 heterocycles. The van der Waals surface area contributed by atoms with E-state index < -0.39 is 0 Å². The maximum absolute atomic E-state index is 4.29. The van der Waals surface area contributed by atoms with Crippen LogP contribution in [0.1, 0.15) is 18.4 Å². The first-order valence-corrected chi connectivity index (χ1v) is 8.25. The second kappa shape index (κ2) is 7.80. The summed E-state index contributed by atoms with van der Waals surface area (Å²) >= 11 is 3.48. The fourth-order valence-corrected chi connectivity index (χ4v) is 2.92. The van der Waals surface area contributed by atoms with Gasteiger partial charge in [-0.1, -0.05) is 28.1 Å². The van der Waals surface area contributed by atoms with E-state index in [1.807, 2.05) is 26.0 Å². The van der Waals surface area contributed by atoms with Gasteiger partial charge in [-0.05, 0) is 30.5 Å². The Morgan fingerprint density at radius 3 is 2.43 bits per heavy atom. The number of halogens is 1. The monoisotopic (exact) mass is 352 g/mol. The molecule has 0 aromatic heterocycles. The Morgan fingerprint density at radius 1 is 1.29 bits per heavy atom. The lowest BCUT2D eigenvalue weighted by molar-refractivity contribution is 0.197. The van der Waals surface area contributed by atoms with E-state index in [-0.39, 0.29) is 0 Å². The van der Waals surface area contributed by atoms with E-state index in [0.29, 0.717) is 6.04 Å². The highest BCUT2D eigenvalue weighted by atomic mass is 79.9. The number of aliphatic imine (C=N–C) groups is 1. The van der Waals surface area contributed by atoms with Gasteiger partial charge in [-0.25, -0.2) is 0 Å². The molecule has 0 radical (unpaired) electrons. The summed E-state index contributed by atoms with van der Waals surface area (Å²) in [6.07, 6.45) is 2.34. The van der Waals surface area contributed by atoms with Gasteiger partial charge < -0.3 is 10.2 Å². The Hall–Kier alpha value is -1.07. The predicted molar refractivity (Wildman–Crippen MR) is 92.6 cm³/mol. The van der Waals surface area contributed by atoms with Crippen LogP contribution in [-0.2, 0) is 6.54 Å². The molecule has 0 unspecified atom stereocenters. The van der Waals surface area contributed by atoms with Crippen molar-refractivity contribution in [3.05, 3.63) is 34.3 Å². The van der Waals surface area contributed by atoms with Crippen molar-refractivity contribution in [3.8, 4) is 0 Å². The molecular formula is C16H25BrN4. The third-order valence-electron chi connectivity index (χ3n) is 3.88. The Morgan fingerprint density at radius 2 is 1.90 bits per heavy atom. The van der Waals surface area contributed by atoms with Crippen LogP contribution < -0.4 is 5.32 Å². The molecule has 5 heteroatoms. The Kier molecular flexibility index (Phi) is 6.06. The molecule has 4 nitrogen and oxygen atoms in total. The number of nitrogens with one attached hydrogen (secondary N) is 1. The molecule has 1 aromatic rings. The van der Waals surface area contributed by atoms with Crippen LogP contribution in [0.4, 0.5) is 0 Å². The number of likely N-dealkylation sites (tertiary alicyclic amines) is 1. The summed E-state index contributed by atoms with van der Waals surface area (Å²) in [6, 6.07) is 9.16. The average molecular weight is 353 g/mol. The van der Waals surface area contributed by atoms with Gasteiger partial charge in [-0.3, -0.25) is 9.89 Å². The van der Waals surface area contributed by atoms with E-state index in [1.54, 1.807) is 0 Å². The summed E-state index contributed by atoms with van der Waals surface area (Å²) in [5.41, 5.74) is 1.38. The lowest BCUT2D eigenvalue weighted by Gasteiger charge is -2.34. The lowest BCUT2D eigenvalue weighted by Crippen LogP contribution is -2.48. The van der Waals surface area contributed by atoms with E-state index in [4.69, 9.17) is 0 Å². The van der Waals surface area contributed by atoms with E-state index in [9.17, 15) is 0 Å². The van der Waals surface area contributed by atoms with Crippen LogP contribution in [-0.4, -0.2) is 56.0 Å². The number of hydrogen-bond acceptors (Lipinski definition) is 2. The lowest BCUT2D eigenvalue weighted by atomic mass is 10.0. The number of rotatable bonds is 3. The van der Waals surface area contributed by atoms with Crippen LogP contribution in [0, 0.1) is 0 Å². The van der Waals surface area contributed by atoms with Crippen LogP contribution in [0.15, 0.2) is 33.7 Å². The van der Waals surface area contributed by atoms with Gasteiger partial charge >= 0.3 is 0 Å². The predicted octanol–water partition coefficient (Wildman–Crippen LogP) is 2.55. The molecule has 1 fully saturated rings. The highest BCUT2D eigenvalue weighted by Gasteiger charge is 2.20. The number of benzene rings is 1. The Balaban J connectivity index is 1.79. The zero-order chi connectivity index (χ0) is 15.2. The van der Waals surface area contributed by atoms with Crippen molar-refractivity contribution in [2.24, 2.45) is 4.99 Å². The molecule has 21 heavy (non-hydrogen) atoms. The van der Waals surface area contributed by atoms with Crippen molar-refractivity contribution in [2.45, 2.75) is 25.4 Å². The molecule has 0 amide bonds. The third kappa shape index (κ3) is 5.00. The topological polar surface area (TPSA) is 30.9 Å². The van der Waals surface area contributed by atoms with Crippen molar-refractivity contribution in [3.63, 3.8) is 0 Å². The van der Waals surface area contributed by atoms with Gasteiger partial charge in [-0.2, -0.15) is 0 Å². The number of nitrogens with zero attached hydrogens (tertiary/aromatic N) is 3. The van der Waals surface area contributed by atoms with Gasteiger partial charge in [0.25, 0.3) is 0 Å². The summed E-state index contributed by atoms with van der Waals surface area (Å²) in [5.74, 6) is 0.973. The third-order valence-corrected chi connectivity index (χ3v) is 4.40. The fourth-order valence-electron chi connectivity index (χ4n) is 2.66. The van der Waals surface area contributed by atoms with Crippen LogP contribution in [0.25, 0.3) is 0 Å². The smallest absolute Gasteiger partial charge is 0.193 e. The number of piperidine rings is 1. The highest BCUT2D eigenvalue weighted by molar-refractivity contribution is 9.10. The van der Waals surface area contributed by atoms with Gasteiger partial charge in [0.1, 0.15) is 0 Å². The summed E-state index contributed by atoms with van der Waals surface area (Å²) in [6.45, 7) is 3.32. The number of guanidine groups is 1. The second-order valence-electron chi connectivity index (χ2n) is 5.76. The molecule has 1 aromatic carbocycles. The van der Waals surface area contributed by atoms with E-state index in [1.165, 1.54) is 18.4 Å². The minimum atomic E-state index is 0.535. The molecule has 116 valence electrons. The van der Waals surface area contributed by atoms with Gasteiger partial charge in [0, 0.05) is 51.3 Å². The normalized spacial score (nSPS) is 17.8. The van der Waals surface area contributed by atoms with Gasteiger partial charge in [-0.15, -0.1) is 0 Å². The molecule has 2 rings (SSSR count). The molecule has 1 aliphatic heterocycles. The van der Waals surface area contributed by atoms with Crippen molar-refractivity contribution in [1.82, 2.24) is 15.1 Å². The molecule has 0 spiro atoms. The van der Waals surface area contributed by atoms with Crippen molar-refractivity contribution >= 4 is 21.9 Å². The zero-order valence-electron chi connectivity index (χ0n) is 13.1. The summed E-state index contributed by atoms with van der Waals surface area (Å²) in [5, 5.41) is 3.54. The summed E-state index contributed by atoms with van der Waals surface area (Å²) in [4.78, 5) is 8.85. The summed E-state index contributed by atoms with van der Waals surface area (Å²) in [7, 11) is 5.89. The van der Waals surface area contributed by atoms with Crippen molar-refractivity contribution < 1.29 is 0 Å². The SMILES string of the molecule is CN=C(NC1CCN(Cc2ccc(Br)cc2)CC1)N(C)C. The highest BCUT2D eigenvalue weighted by Crippen LogP contribution is 2.16. The summed E-state index contributed by atoms with van der Waals surface area (Å²) < 4.78 is 1.14. The second-order valence-corrected chi connectivity index (χ2v) is 6.68. The molecule has 1 aliphatic rings. The van der Waals surface area contributed by atoms with Gasteiger partial charge in [0.05, 0.1) is 0 Å². The molecule has 0 bridgehead atoms. The first kappa shape index (κ1) is 16.3. The molecular weight excluding hydrogens is 328 g/mol. The maximum atomic E-state index is 4.29. The Labute approximate surface area is 136 Å². The van der Waals surface area contributed by atoms with Crippen LogP contribution in [0.5, 0.6) is 0 Å². The average Bonchev–Trinajstić information content (AvgIpc) is 2.48. The van der Waals surface area contributed by atoms with Crippen LogP contribution in [0.2, 0.25) is 0 Å². The van der Waals surface area contributed by atoms with E-state index in [0.717, 1.165) is 30.1 Å². The van der Waals surface area contributed by atoms with Crippen molar-refractivity contribution in [2.75, 3.05) is 34.2 Å². The molecule has 1 N–H and O–H groups in total. The van der Waals surface area contributed by atoms with Crippen molar-refractivity contribution in [1.29, 1.82) is 0 Å². The maximum Gasteiger partial charge on any atom is 0.193 e. The first-order valence-electron chi connectivity index (χ1n) is 7.46. The van der Waals surface area contributed by atoms with E-state index >= 15 is 0 Å². The largest absolute Gasteiger partial charge is 0.353 e. The Bertz CT molecular complexity index is 462. The quantitative estimate of drug-likeness (QED) is 0.669. The standard InChI is InChI=1S/C16H25BrN4/c1-18-16(20(2)3)19-15-8-10-21(11-9-15)12-13-4-6-14(17)7-5-13/h4-7,15H,8-12H2,1-3H3,(H,18,19). The van der Waals surface area contributed by atoms with Crippen LogP contribution >= 0.6 is 15.9 Å². The van der Waals surface area contributed by atoms with Gasteiger partial charge in [0.2, 0.25) is 0 Å². The minimum Gasteiger partial charge on any atom is -0.353 e. The zero-order valence-corrected chi connectivity index (χ0v) is 14.7. The van der Waals surface area contributed by atoms with Crippen LogP contribution in [0.3, 0.4) is 0 Å². The minimum absolute atomic E-state index is 0.535. The molecule has 0 atom stereocenters.